The third-order valence-electron chi connectivity index (χ3n) is 5.45. The van der Waals surface area contributed by atoms with E-state index >= 15 is 0 Å². The predicted molar refractivity (Wildman–Crippen MR) is 120 cm³/mol. The summed E-state index contributed by atoms with van der Waals surface area (Å²) in [6.45, 7) is 6.65. The van der Waals surface area contributed by atoms with E-state index in [9.17, 15) is 4.79 Å². The van der Waals surface area contributed by atoms with Gasteiger partial charge in [0, 0.05) is 24.5 Å². The van der Waals surface area contributed by atoms with Crippen molar-refractivity contribution < 1.29 is 0 Å². The molecule has 0 aliphatic rings. The summed E-state index contributed by atoms with van der Waals surface area (Å²) in [4.78, 5) is 17.1. The lowest BCUT2D eigenvalue weighted by Crippen LogP contribution is -2.21. The highest BCUT2D eigenvalue weighted by atomic mass is 16.1. The van der Waals surface area contributed by atoms with Gasteiger partial charge in [-0.05, 0) is 55.2 Å². The molecule has 4 aromatic rings. The fourth-order valence-electron chi connectivity index (χ4n) is 3.76. The van der Waals surface area contributed by atoms with E-state index in [2.05, 4.69) is 24.0 Å². The minimum absolute atomic E-state index is 0.0501. The average molecular weight is 399 g/mol. The molecule has 4 rings (SSSR count). The summed E-state index contributed by atoms with van der Waals surface area (Å²) in [5, 5.41) is 0. The zero-order chi connectivity index (χ0) is 21.3. The molecule has 2 heterocycles. The molecule has 5 heteroatoms. The Morgan fingerprint density at radius 3 is 2.47 bits per heavy atom. The van der Waals surface area contributed by atoms with Crippen LogP contribution in [-0.2, 0) is 6.54 Å². The van der Waals surface area contributed by atoms with Crippen molar-refractivity contribution >= 4 is 0 Å². The molecule has 2 N–H and O–H groups in total. The predicted octanol–water partition coefficient (Wildman–Crippen LogP) is 4.06. The molecule has 0 spiro atoms. The van der Waals surface area contributed by atoms with Crippen LogP contribution < -0.4 is 11.3 Å². The van der Waals surface area contributed by atoms with E-state index < -0.39 is 0 Å². The lowest BCUT2D eigenvalue weighted by atomic mass is 10.0. The number of nitrogens with two attached hydrogens (primary N) is 1. The van der Waals surface area contributed by atoms with Crippen molar-refractivity contribution in [1.82, 2.24) is 14.1 Å². The summed E-state index contributed by atoms with van der Waals surface area (Å²) >= 11 is 0. The number of rotatable bonds is 5. The second-order valence-electron chi connectivity index (χ2n) is 7.87. The van der Waals surface area contributed by atoms with E-state index in [0.717, 1.165) is 33.6 Å². The Balaban J connectivity index is 1.66. The van der Waals surface area contributed by atoms with E-state index in [-0.39, 0.29) is 11.6 Å². The maximum atomic E-state index is 12.8. The van der Waals surface area contributed by atoms with Gasteiger partial charge in [0.1, 0.15) is 0 Å². The molecule has 0 fully saturated rings. The first-order chi connectivity index (χ1) is 14.4. The van der Waals surface area contributed by atoms with Crippen molar-refractivity contribution in [3.05, 3.63) is 117 Å². The Morgan fingerprint density at radius 2 is 1.73 bits per heavy atom. The van der Waals surface area contributed by atoms with Gasteiger partial charge in [0.25, 0.3) is 5.56 Å². The highest BCUT2D eigenvalue weighted by Crippen LogP contribution is 2.21. The maximum Gasteiger partial charge on any atom is 0.255 e. The molecule has 1 unspecified atom stereocenters. The monoisotopic (exact) mass is 398 g/mol. The van der Waals surface area contributed by atoms with Crippen LogP contribution in [-0.4, -0.2) is 14.1 Å². The molecule has 1 atom stereocenters. The van der Waals surface area contributed by atoms with E-state index in [0.29, 0.717) is 6.54 Å². The Kier molecular flexibility index (Phi) is 5.38. The van der Waals surface area contributed by atoms with Crippen molar-refractivity contribution in [2.45, 2.75) is 33.4 Å². The molecule has 0 radical (unpaired) electrons. The van der Waals surface area contributed by atoms with Gasteiger partial charge in [0.15, 0.2) is 0 Å². The number of benzene rings is 2. The van der Waals surface area contributed by atoms with E-state index in [4.69, 9.17) is 5.73 Å². The van der Waals surface area contributed by atoms with Gasteiger partial charge < -0.3 is 10.3 Å². The number of imidazole rings is 1. The smallest absolute Gasteiger partial charge is 0.255 e. The second-order valence-corrected chi connectivity index (χ2v) is 7.87. The molecular weight excluding hydrogens is 372 g/mol. The zero-order valence-corrected chi connectivity index (χ0v) is 17.5. The summed E-state index contributed by atoms with van der Waals surface area (Å²) in [5.74, 6) is 0. The van der Waals surface area contributed by atoms with Gasteiger partial charge in [-0.1, -0.05) is 42.0 Å². The first kappa shape index (κ1) is 19.9. The third kappa shape index (κ3) is 3.98. The third-order valence-corrected chi connectivity index (χ3v) is 5.45. The molecule has 0 aliphatic carbocycles. The Bertz CT molecular complexity index is 1250. The van der Waals surface area contributed by atoms with Crippen LogP contribution in [0.2, 0.25) is 0 Å². The zero-order valence-electron chi connectivity index (χ0n) is 17.5. The molecular formula is C25H26N4O. The van der Waals surface area contributed by atoms with Gasteiger partial charge >= 0.3 is 0 Å². The van der Waals surface area contributed by atoms with Crippen molar-refractivity contribution in [3.63, 3.8) is 0 Å². The number of hydrogen-bond acceptors (Lipinski definition) is 3. The van der Waals surface area contributed by atoms with Crippen LogP contribution in [0.5, 0.6) is 0 Å². The largest absolute Gasteiger partial charge is 0.328 e. The summed E-state index contributed by atoms with van der Waals surface area (Å²) in [7, 11) is 0. The van der Waals surface area contributed by atoms with Gasteiger partial charge in [-0.2, -0.15) is 0 Å². The molecule has 30 heavy (non-hydrogen) atoms. The van der Waals surface area contributed by atoms with Crippen LogP contribution in [0.15, 0.2) is 78.1 Å². The SMILES string of the molecule is Cc1cccc(C(N)c2cncn2Cc2cc(=O)n(-c3cccc(C)c3)cc2C)c1. The average Bonchev–Trinajstić information content (AvgIpc) is 3.18. The van der Waals surface area contributed by atoms with E-state index in [1.54, 1.807) is 23.2 Å². The minimum atomic E-state index is -0.277. The van der Waals surface area contributed by atoms with Crippen LogP contribution in [0.25, 0.3) is 5.69 Å². The molecule has 152 valence electrons. The molecule has 0 aliphatic heterocycles. The van der Waals surface area contributed by atoms with E-state index in [1.807, 2.05) is 61.0 Å². The minimum Gasteiger partial charge on any atom is -0.328 e. The van der Waals surface area contributed by atoms with Crippen LogP contribution in [0.1, 0.15) is 39.6 Å². The van der Waals surface area contributed by atoms with Crippen molar-refractivity contribution in [2.24, 2.45) is 5.73 Å². The molecule has 2 aromatic heterocycles. The first-order valence-electron chi connectivity index (χ1n) is 10.0. The van der Waals surface area contributed by atoms with Gasteiger partial charge in [-0.25, -0.2) is 4.98 Å². The second kappa shape index (κ2) is 8.13. The molecule has 0 saturated carbocycles. The number of nitrogens with zero attached hydrogens (tertiary/aromatic N) is 3. The number of hydrogen-bond donors (Lipinski definition) is 1. The van der Waals surface area contributed by atoms with Crippen molar-refractivity contribution in [1.29, 1.82) is 0 Å². The van der Waals surface area contributed by atoms with Crippen LogP contribution in [0, 0.1) is 20.8 Å². The Hall–Kier alpha value is -3.44. The normalized spacial score (nSPS) is 12.1. The van der Waals surface area contributed by atoms with Gasteiger partial charge in [-0.15, -0.1) is 0 Å². The van der Waals surface area contributed by atoms with Gasteiger partial charge in [0.05, 0.1) is 24.3 Å². The van der Waals surface area contributed by atoms with Crippen molar-refractivity contribution in [2.75, 3.05) is 0 Å². The highest BCUT2D eigenvalue weighted by molar-refractivity contribution is 5.38. The van der Waals surface area contributed by atoms with Crippen LogP contribution in [0.3, 0.4) is 0 Å². The fraction of sp³-hybridized carbons (Fsp3) is 0.200. The highest BCUT2D eigenvalue weighted by Gasteiger charge is 2.15. The summed E-state index contributed by atoms with van der Waals surface area (Å²) in [5.41, 5.74) is 13.6. The molecule has 2 aromatic carbocycles. The maximum absolute atomic E-state index is 12.8. The summed E-state index contributed by atoms with van der Waals surface area (Å²) in [6.07, 6.45) is 5.48. The summed E-state index contributed by atoms with van der Waals surface area (Å²) < 4.78 is 3.71. The quantitative estimate of drug-likeness (QED) is 0.551. The van der Waals surface area contributed by atoms with Crippen LogP contribution >= 0.6 is 0 Å². The Labute approximate surface area is 176 Å². The van der Waals surface area contributed by atoms with Crippen molar-refractivity contribution in [3.8, 4) is 5.69 Å². The molecule has 0 bridgehead atoms. The summed E-state index contributed by atoms with van der Waals surface area (Å²) in [6, 6.07) is 17.6. The Morgan fingerprint density at radius 1 is 1.00 bits per heavy atom. The molecule has 0 saturated heterocycles. The lowest BCUT2D eigenvalue weighted by molar-refractivity contribution is 0.691. The fourth-order valence-corrected chi connectivity index (χ4v) is 3.76. The molecule has 5 nitrogen and oxygen atoms in total. The van der Waals surface area contributed by atoms with Crippen LogP contribution in [0.4, 0.5) is 0 Å². The number of aryl methyl sites for hydroxylation is 3. The standard InChI is InChI=1S/C25H26N4O/c1-17-6-4-8-20(10-17)25(26)23-13-27-16-28(23)15-21-12-24(30)29(14-19(21)3)22-9-5-7-18(2)11-22/h4-14,16,25H,15,26H2,1-3H3. The lowest BCUT2D eigenvalue weighted by Gasteiger charge is -2.17. The van der Waals surface area contributed by atoms with Gasteiger partial charge in [0.2, 0.25) is 0 Å². The molecule has 0 amide bonds. The number of aromatic nitrogens is 3. The first-order valence-corrected chi connectivity index (χ1v) is 10.0. The van der Waals surface area contributed by atoms with Gasteiger partial charge in [-0.3, -0.25) is 9.36 Å². The number of pyridine rings is 1. The topological polar surface area (TPSA) is 65.8 Å². The van der Waals surface area contributed by atoms with E-state index in [1.165, 1.54) is 5.56 Å².